The fraction of sp³-hybridized carbons (Fsp3) is 0.292. The molecule has 1 fully saturated rings. The van der Waals surface area contributed by atoms with Gasteiger partial charge < -0.3 is 15.0 Å². The number of hydrogen-bond acceptors (Lipinski definition) is 7. The van der Waals surface area contributed by atoms with Crippen molar-refractivity contribution in [2.75, 3.05) is 31.1 Å². The lowest BCUT2D eigenvalue weighted by molar-refractivity contribution is -0.120. The van der Waals surface area contributed by atoms with Crippen molar-refractivity contribution in [3.05, 3.63) is 66.0 Å². The highest BCUT2D eigenvalue weighted by atomic mass is 16.5. The molecule has 3 aromatic heterocycles. The van der Waals surface area contributed by atoms with E-state index in [4.69, 9.17) is 9.72 Å². The van der Waals surface area contributed by atoms with E-state index in [1.165, 1.54) is 11.1 Å². The predicted molar refractivity (Wildman–Crippen MR) is 122 cm³/mol. The zero-order valence-corrected chi connectivity index (χ0v) is 18.1. The first-order valence-corrected chi connectivity index (χ1v) is 11.2. The summed E-state index contributed by atoms with van der Waals surface area (Å²) in [5, 5.41) is 11.3. The Morgan fingerprint density at radius 3 is 2.94 bits per heavy atom. The molecular weight excluding hydrogens is 418 g/mol. The van der Waals surface area contributed by atoms with Crippen molar-refractivity contribution in [1.29, 1.82) is 0 Å². The summed E-state index contributed by atoms with van der Waals surface area (Å²) in [4.78, 5) is 23.0. The van der Waals surface area contributed by atoms with Gasteiger partial charge in [0.2, 0.25) is 5.91 Å². The molecule has 1 amide bonds. The first-order chi connectivity index (χ1) is 16.3. The fourth-order valence-corrected chi connectivity index (χ4v) is 4.60. The van der Waals surface area contributed by atoms with Gasteiger partial charge in [-0.15, -0.1) is 10.2 Å². The number of aromatic nitrogens is 5. The number of rotatable bonds is 5. The van der Waals surface area contributed by atoms with Crippen LogP contribution in [0.5, 0.6) is 5.75 Å². The lowest BCUT2D eigenvalue weighted by Gasteiger charge is -2.27. The van der Waals surface area contributed by atoms with Gasteiger partial charge in [0.1, 0.15) is 23.7 Å². The van der Waals surface area contributed by atoms with Crippen LogP contribution in [0.4, 0.5) is 5.82 Å². The quantitative estimate of drug-likeness (QED) is 0.505. The van der Waals surface area contributed by atoms with Gasteiger partial charge in [-0.2, -0.15) is 0 Å². The van der Waals surface area contributed by atoms with Crippen LogP contribution in [0.15, 0.2) is 49.1 Å². The number of carbonyl (C=O) groups excluding carboxylic acids is 1. The minimum Gasteiger partial charge on any atom is -0.493 e. The third-order valence-electron chi connectivity index (χ3n) is 6.29. The SMILES string of the molecule is O=C1CN(c2ccc(-c3cnc(CCc4cccc5c4CCO5)n4cnnc34)cn2)CCN1. The summed E-state index contributed by atoms with van der Waals surface area (Å²) in [6.45, 7) is 2.47. The van der Waals surface area contributed by atoms with Crippen molar-refractivity contribution in [2.45, 2.75) is 19.3 Å². The summed E-state index contributed by atoms with van der Waals surface area (Å²) in [6.07, 6.45) is 7.99. The van der Waals surface area contributed by atoms with E-state index in [0.29, 0.717) is 13.1 Å². The van der Waals surface area contributed by atoms with Gasteiger partial charge in [0, 0.05) is 55.0 Å². The number of anilines is 1. The summed E-state index contributed by atoms with van der Waals surface area (Å²) >= 11 is 0. The van der Waals surface area contributed by atoms with Crippen LogP contribution < -0.4 is 15.0 Å². The van der Waals surface area contributed by atoms with Gasteiger partial charge in [0.05, 0.1) is 13.2 Å². The molecule has 0 bridgehead atoms. The number of nitrogens with one attached hydrogen (secondary N) is 1. The van der Waals surface area contributed by atoms with Crippen molar-refractivity contribution < 1.29 is 9.53 Å². The Morgan fingerprint density at radius 1 is 1.09 bits per heavy atom. The number of carbonyl (C=O) groups is 1. The predicted octanol–water partition coefficient (Wildman–Crippen LogP) is 1.84. The lowest BCUT2D eigenvalue weighted by Crippen LogP contribution is -2.48. The van der Waals surface area contributed by atoms with E-state index < -0.39 is 0 Å². The molecule has 33 heavy (non-hydrogen) atoms. The molecule has 2 aliphatic rings. The Kier molecular flexibility index (Phi) is 4.86. The highest BCUT2D eigenvalue weighted by Crippen LogP contribution is 2.29. The van der Waals surface area contributed by atoms with Gasteiger partial charge in [-0.05, 0) is 30.2 Å². The first-order valence-electron chi connectivity index (χ1n) is 11.2. The Bertz CT molecular complexity index is 1330. The van der Waals surface area contributed by atoms with Gasteiger partial charge in [0.25, 0.3) is 0 Å². The highest BCUT2D eigenvalue weighted by Gasteiger charge is 2.19. The van der Waals surface area contributed by atoms with Crippen LogP contribution in [0.2, 0.25) is 0 Å². The zero-order chi connectivity index (χ0) is 22.2. The van der Waals surface area contributed by atoms with Crippen LogP contribution in [-0.2, 0) is 24.1 Å². The Labute approximate surface area is 190 Å². The molecule has 0 aliphatic carbocycles. The summed E-state index contributed by atoms with van der Waals surface area (Å²) in [6, 6.07) is 10.2. The number of aryl methyl sites for hydroxylation is 2. The van der Waals surface area contributed by atoms with Gasteiger partial charge >= 0.3 is 0 Å². The van der Waals surface area contributed by atoms with Crippen molar-refractivity contribution in [3.8, 4) is 16.9 Å². The number of pyridine rings is 1. The monoisotopic (exact) mass is 441 g/mol. The molecule has 0 saturated carbocycles. The average Bonchev–Trinajstić information content (AvgIpc) is 3.53. The van der Waals surface area contributed by atoms with E-state index in [1.54, 1.807) is 12.5 Å². The van der Waals surface area contributed by atoms with Crippen molar-refractivity contribution >= 4 is 17.4 Å². The number of benzene rings is 1. The van der Waals surface area contributed by atoms with Crippen LogP contribution in [0, 0.1) is 0 Å². The molecule has 1 N–H and O–H groups in total. The molecule has 0 spiro atoms. The van der Waals surface area contributed by atoms with Gasteiger partial charge in [0.15, 0.2) is 5.65 Å². The second-order valence-electron chi connectivity index (χ2n) is 8.28. The van der Waals surface area contributed by atoms with Crippen LogP contribution in [-0.4, -0.2) is 56.7 Å². The van der Waals surface area contributed by atoms with Gasteiger partial charge in [-0.3, -0.25) is 9.20 Å². The molecule has 1 saturated heterocycles. The fourth-order valence-electron chi connectivity index (χ4n) is 4.60. The van der Waals surface area contributed by atoms with Gasteiger partial charge in [-0.25, -0.2) is 9.97 Å². The Morgan fingerprint density at radius 2 is 2.06 bits per heavy atom. The maximum Gasteiger partial charge on any atom is 0.239 e. The maximum atomic E-state index is 11.7. The zero-order valence-electron chi connectivity index (χ0n) is 18.1. The molecule has 6 rings (SSSR count). The maximum absolute atomic E-state index is 11.7. The topological polar surface area (TPSA) is 97.5 Å². The van der Waals surface area contributed by atoms with E-state index in [0.717, 1.165) is 66.6 Å². The molecule has 0 unspecified atom stereocenters. The number of fused-ring (bicyclic) bond motifs is 2. The highest BCUT2D eigenvalue weighted by molar-refractivity contribution is 5.82. The number of amides is 1. The molecular formula is C24H23N7O2. The smallest absolute Gasteiger partial charge is 0.239 e. The lowest BCUT2D eigenvalue weighted by atomic mass is 10.0. The largest absolute Gasteiger partial charge is 0.493 e. The van der Waals surface area contributed by atoms with E-state index >= 15 is 0 Å². The number of hydrogen-bond donors (Lipinski definition) is 1. The standard InChI is InChI=1S/C24H23N7O2/c32-23-14-30(10-9-25-23)21-6-5-17(12-26-21)19-13-27-22(31-15-28-29-24(19)31)7-4-16-2-1-3-20-18(16)8-11-33-20/h1-3,5-6,12-13,15H,4,7-11,14H2,(H,25,32). The minimum absolute atomic E-state index is 0.0186. The third kappa shape index (κ3) is 3.65. The summed E-state index contributed by atoms with van der Waals surface area (Å²) in [7, 11) is 0. The Balaban J connectivity index is 1.25. The van der Waals surface area contributed by atoms with E-state index in [9.17, 15) is 4.79 Å². The summed E-state index contributed by atoms with van der Waals surface area (Å²) < 4.78 is 7.65. The number of ether oxygens (including phenoxy) is 1. The van der Waals surface area contributed by atoms with E-state index in [2.05, 4.69) is 32.6 Å². The van der Waals surface area contributed by atoms with Crippen LogP contribution >= 0.6 is 0 Å². The first kappa shape index (κ1) is 19.7. The molecule has 5 heterocycles. The number of nitrogens with zero attached hydrogens (tertiary/aromatic N) is 6. The Hall–Kier alpha value is -4.01. The molecule has 4 aromatic rings. The molecule has 2 aliphatic heterocycles. The third-order valence-corrected chi connectivity index (χ3v) is 6.29. The second-order valence-corrected chi connectivity index (χ2v) is 8.28. The number of piperazine rings is 1. The molecule has 0 atom stereocenters. The van der Waals surface area contributed by atoms with Gasteiger partial charge in [-0.1, -0.05) is 12.1 Å². The summed E-state index contributed by atoms with van der Waals surface area (Å²) in [5.41, 5.74) is 5.17. The van der Waals surface area contributed by atoms with Crippen LogP contribution in [0.3, 0.4) is 0 Å². The van der Waals surface area contributed by atoms with E-state index in [-0.39, 0.29) is 5.91 Å². The van der Waals surface area contributed by atoms with Crippen molar-refractivity contribution in [2.24, 2.45) is 0 Å². The molecule has 166 valence electrons. The molecule has 9 heteroatoms. The van der Waals surface area contributed by atoms with E-state index in [1.807, 2.05) is 33.7 Å². The minimum atomic E-state index is 0.0186. The molecule has 1 aromatic carbocycles. The van der Waals surface area contributed by atoms with Crippen LogP contribution in [0.25, 0.3) is 16.8 Å². The molecule has 9 nitrogen and oxygen atoms in total. The van der Waals surface area contributed by atoms with Crippen molar-refractivity contribution in [1.82, 2.24) is 29.9 Å². The molecule has 0 radical (unpaired) electrons. The summed E-state index contributed by atoms with van der Waals surface area (Å²) in [5.74, 6) is 2.73. The van der Waals surface area contributed by atoms with Crippen LogP contribution in [0.1, 0.15) is 17.0 Å². The normalized spacial score (nSPS) is 15.4. The second kappa shape index (κ2) is 8.16. The average molecular weight is 441 g/mol. The van der Waals surface area contributed by atoms with Crippen molar-refractivity contribution in [3.63, 3.8) is 0 Å².